The summed E-state index contributed by atoms with van der Waals surface area (Å²) < 4.78 is 0. The van der Waals surface area contributed by atoms with Gasteiger partial charge in [-0.1, -0.05) is 24.6 Å². The SMILES string of the molecule is CCCNC1CCCSc2c(C)cc(C)cc21. The monoisotopic (exact) mass is 249 g/mol. The number of rotatable bonds is 3. The van der Waals surface area contributed by atoms with E-state index in [9.17, 15) is 0 Å². The predicted molar refractivity (Wildman–Crippen MR) is 76.9 cm³/mol. The summed E-state index contributed by atoms with van der Waals surface area (Å²) in [7, 11) is 0. The van der Waals surface area contributed by atoms with E-state index in [2.05, 4.69) is 38.2 Å². The molecule has 0 saturated carbocycles. The zero-order chi connectivity index (χ0) is 12.3. The number of hydrogen-bond donors (Lipinski definition) is 1. The van der Waals surface area contributed by atoms with Crippen LogP contribution in [0.25, 0.3) is 0 Å². The van der Waals surface area contributed by atoms with Gasteiger partial charge in [0.1, 0.15) is 0 Å². The molecule has 1 aromatic rings. The predicted octanol–water partition coefficient (Wildman–Crippen LogP) is 4.23. The Hall–Kier alpha value is -0.470. The van der Waals surface area contributed by atoms with E-state index in [1.54, 1.807) is 5.56 Å². The first-order chi connectivity index (χ1) is 8.22. The third kappa shape index (κ3) is 3.05. The molecule has 0 amide bonds. The summed E-state index contributed by atoms with van der Waals surface area (Å²) >= 11 is 2.04. The van der Waals surface area contributed by atoms with Crippen LogP contribution in [0.15, 0.2) is 17.0 Å². The fourth-order valence-electron chi connectivity index (χ4n) is 2.59. The quantitative estimate of drug-likeness (QED) is 0.860. The second-order valence-corrected chi connectivity index (χ2v) is 6.10. The van der Waals surface area contributed by atoms with Gasteiger partial charge in [0.15, 0.2) is 0 Å². The molecule has 1 N–H and O–H groups in total. The van der Waals surface area contributed by atoms with E-state index in [0.29, 0.717) is 6.04 Å². The Morgan fingerprint density at radius 2 is 2.18 bits per heavy atom. The maximum atomic E-state index is 3.71. The molecule has 0 aromatic heterocycles. The topological polar surface area (TPSA) is 12.0 Å². The highest BCUT2D eigenvalue weighted by molar-refractivity contribution is 7.99. The summed E-state index contributed by atoms with van der Waals surface area (Å²) in [4.78, 5) is 1.53. The molecule has 0 spiro atoms. The van der Waals surface area contributed by atoms with E-state index in [1.807, 2.05) is 11.8 Å². The molecule has 1 aliphatic rings. The number of aryl methyl sites for hydroxylation is 2. The Labute approximate surface area is 109 Å². The first-order valence-electron chi connectivity index (χ1n) is 6.69. The molecule has 1 atom stereocenters. The lowest BCUT2D eigenvalue weighted by atomic mass is 9.98. The average Bonchev–Trinajstić information content (AvgIpc) is 2.49. The van der Waals surface area contributed by atoms with Crippen molar-refractivity contribution < 1.29 is 0 Å². The van der Waals surface area contributed by atoms with Crippen LogP contribution in [0.1, 0.15) is 48.9 Å². The highest BCUT2D eigenvalue weighted by Crippen LogP contribution is 2.37. The number of fused-ring (bicyclic) bond motifs is 1. The minimum absolute atomic E-state index is 0.568. The van der Waals surface area contributed by atoms with E-state index in [4.69, 9.17) is 0 Å². The second kappa shape index (κ2) is 5.92. The van der Waals surface area contributed by atoms with Gasteiger partial charge in [0.25, 0.3) is 0 Å². The fourth-order valence-corrected chi connectivity index (χ4v) is 3.76. The molecule has 0 radical (unpaired) electrons. The van der Waals surface area contributed by atoms with Crippen molar-refractivity contribution in [3.05, 3.63) is 28.8 Å². The lowest BCUT2D eigenvalue weighted by molar-refractivity contribution is 0.492. The van der Waals surface area contributed by atoms with E-state index in [1.165, 1.54) is 41.0 Å². The zero-order valence-electron chi connectivity index (χ0n) is 11.2. The molecule has 0 saturated heterocycles. The molecule has 1 unspecified atom stereocenters. The van der Waals surface area contributed by atoms with E-state index in [0.717, 1.165) is 6.54 Å². The Morgan fingerprint density at radius 1 is 1.35 bits per heavy atom. The molecule has 0 aliphatic carbocycles. The molecule has 1 aliphatic heterocycles. The van der Waals surface area contributed by atoms with Crippen LogP contribution in [0, 0.1) is 13.8 Å². The number of benzene rings is 1. The normalized spacial score (nSPS) is 19.8. The molecule has 0 bridgehead atoms. The molecule has 2 heteroatoms. The summed E-state index contributed by atoms with van der Waals surface area (Å²) in [6.45, 7) is 7.82. The summed E-state index contributed by atoms with van der Waals surface area (Å²) in [5.74, 6) is 1.27. The molecule has 1 nitrogen and oxygen atoms in total. The molecular formula is C15H23NS. The largest absolute Gasteiger partial charge is 0.310 e. The van der Waals surface area contributed by atoms with Crippen molar-refractivity contribution >= 4 is 11.8 Å². The second-order valence-electron chi connectivity index (χ2n) is 5.00. The maximum Gasteiger partial charge on any atom is 0.0331 e. The summed E-state index contributed by atoms with van der Waals surface area (Å²) in [5.41, 5.74) is 4.39. The Morgan fingerprint density at radius 3 is 2.94 bits per heavy atom. The molecule has 17 heavy (non-hydrogen) atoms. The Balaban J connectivity index is 2.33. The Bertz CT molecular complexity index is 387. The van der Waals surface area contributed by atoms with Gasteiger partial charge < -0.3 is 5.32 Å². The van der Waals surface area contributed by atoms with Crippen LogP contribution in [0.4, 0.5) is 0 Å². The van der Waals surface area contributed by atoms with Gasteiger partial charge in [-0.2, -0.15) is 0 Å². The van der Waals surface area contributed by atoms with Gasteiger partial charge in [0.2, 0.25) is 0 Å². The van der Waals surface area contributed by atoms with Crippen molar-refractivity contribution in [2.45, 2.75) is 51.0 Å². The highest BCUT2D eigenvalue weighted by Gasteiger charge is 2.20. The van der Waals surface area contributed by atoms with Gasteiger partial charge in [0.05, 0.1) is 0 Å². The summed E-state index contributed by atoms with van der Waals surface area (Å²) in [6, 6.07) is 5.26. The first-order valence-corrected chi connectivity index (χ1v) is 7.68. The third-order valence-electron chi connectivity index (χ3n) is 3.35. The van der Waals surface area contributed by atoms with Gasteiger partial charge in [-0.15, -0.1) is 11.8 Å². The van der Waals surface area contributed by atoms with Crippen LogP contribution >= 0.6 is 11.8 Å². The lowest BCUT2D eigenvalue weighted by Crippen LogP contribution is -2.22. The molecule has 94 valence electrons. The standard InChI is InChI=1S/C15H23NS/c1-4-7-16-14-6-5-8-17-15-12(3)9-11(2)10-13(14)15/h9-10,14,16H,4-8H2,1-3H3. The minimum atomic E-state index is 0.568. The van der Waals surface area contributed by atoms with E-state index < -0.39 is 0 Å². The van der Waals surface area contributed by atoms with E-state index in [-0.39, 0.29) is 0 Å². The van der Waals surface area contributed by atoms with Gasteiger partial charge >= 0.3 is 0 Å². The van der Waals surface area contributed by atoms with E-state index >= 15 is 0 Å². The number of thioether (sulfide) groups is 1. The van der Waals surface area contributed by atoms with Crippen LogP contribution in [-0.4, -0.2) is 12.3 Å². The highest BCUT2D eigenvalue weighted by atomic mass is 32.2. The Kier molecular flexibility index (Phi) is 4.52. The van der Waals surface area contributed by atoms with Crippen LogP contribution in [0.2, 0.25) is 0 Å². The molecule has 2 rings (SSSR count). The molecule has 0 fully saturated rings. The maximum absolute atomic E-state index is 3.71. The third-order valence-corrected chi connectivity index (χ3v) is 4.69. The molecular weight excluding hydrogens is 226 g/mol. The van der Waals surface area contributed by atoms with Crippen molar-refractivity contribution in [2.75, 3.05) is 12.3 Å². The van der Waals surface area contributed by atoms with Crippen LogP contribution in [-0.2, 0) is 0 Å². The van der Waals surface area contributed by atoms with Crippen molar-refractivity contribution in [1.82, 2.24) is 5.32 Å². The van der Waals surface area contributed by atoms with Crippen LogP contribution in [0.3, 0.4) is 0 Å². The number of hydrogen-bond acceptors (Lipinski definition) is 2. The fraction of sp³-hybridized carbons (Fsp3) is 0.600. The average molecular weight is 249 g/mol. The minimum Gasteiger partial charge on any atom is -0.310 e. The van der Waals surface area contributed by atoms with Gasteiger partial charge in [-0.3, -0.25) is 0 Å². The van der Waals surface area contributed by atoms with Crippen molar-refractivity contribution in [1.29, 1.82) is 0 Å². The first kappa shape index (κ1) is 13.0. The van der Waals surface area contributed by atoms with Crippen LogP contribution < -0.4 is 5.32 Å². The smallest absolute Gasteiger partial charge is 0.0331 e. The van der Waals surface area contributed by atoms with Crippen LogP contribution in [0.5, 0.6) is 0 Å². The summed E-state index contributed by atoms with van der Waals surface area (Å²) in [5, 5.41) is 3.71. The lowest BCUT2D eigenvalue weighted by Gasteiger charge is -2.20. The van der Waals surface area contributed by atoms with Gasteiger partial charge in [0, 0.05) is 10.9 Å². The number of nitrogens with one attached hydrogen (secondary N) is 1. The molecule has 1 heterocycles. The van der Waals surface area contributed by atoms with Crippen molar-refractivity contribution in [2.24, 2.45) is 0 Å². The van der Waals surface area contributed by atoms with Gasteiger partial charge in [-0.05, 0) is 56.5 Å². The van der Waals surface area contributed by atoms with Gasteiger partial charge in [-0.25, -0.2) is 0 Å². The molecule has 1 aromatic carbocycles. The van der Waals surface area contributed by atoms with Crippen molar-refractivity contribution in [3.63, 3.8) is 0 Å². The zero-order valence-corrected chi connectivity index (χ0v) is 12.0. The van der Waals surface area contributed by atoms with Crippen molar-refractivity contribution in [3.8, 4) is 0 Å². The summed E-state index contributed by atoms with van der Waals surface area (Å²) in [6.07, 6.45) is 3.81.